The van der Waals surface area contributed by atoms with E-state index in [0.717, 1.165) is 0 Å². The molecule has 188 valence electrons. The van der Waals surface area contributed by atoms with Gasteiger partial charge in [-0.15, -0.1) is 0 Å². The molecule has 0 aromatic rings. The number of unbranched alkanes of at least 4 members (excludes halogenated alkanes) is 1. The van der Waals surface area contributed by atoms with Crippen LogP contribution in [0.15, 0.2) is 0 Å². The molecule has 0 bridgehead atoms. The molecular formula is C19H36O6S6Sn. The number of carboxylic acid groups (broad SMARTS) is 3. The van der Waals surface area contributed by atoms with Gasteiger partial charge in [0.2, 0.25) is 0 Å². The van der Waals surface area contributed by atoms with E-state index in [-0.39, 0.29) is 33.0 Å². The third kappa shape index (κ3) is 25.9. The van der Waals surface area contributed by atoms with Crippen LogP contribution in [0.2, 0.25) is 4.44 Å². The Kier molecular flexibility index (Phi) is 34.0. The molecule has 0 saturated heterocycles. The van der Waals surface area contributed by atoms with Gasteiger partial charge in [0, 0.05) is 51.4 Å². The first kappa shape index (κ1) is 40.5. The molecule has 0 aliphatic carbocycles. The number of aliphatic carboxylic acids is 3. The van der Waals surface area contributed by atoms with Crippen LogP contribution in [-0.2, 0) is 14.4 Å². The molecule has 6 unspecified atom stereocenters. The van der Waals surface area contributed by atoms with Crippen molar-refractivity contribution < 1.29 is 29.7 Å². The van der Waals surface area contributed by atoms with E-state index in [2.05, 4.69) is 82.7 Å². The number of rotatable bonds is 11. The number of hydrogen-bond acceptors (Lipinski definition) is 12. The molecule has 0 radical (unpaired) electrons. The van der Waals surface area contributed by atoms with Gasteiger partial charge < -0.3 is 29.7 Å². The number of carbonyl (C=O) groups excluding carboxylic acids is 3. The first-order valence-corrected chi connectivity index (χ1v) is 15.3. The Labute approximate surface area is 239 Å². The predicted octanol–water partition coefficient (Wildman–Crippen LogP) is 0.175. The maximum absolute atomic E-state index is 10.2. The molecule has 0 aliphatic heterocycles. The molecule has 0 aromatic carbocycles. The van der Waals surface area contributed by atoms with E-state index >= 15 is 0 Å². The van der Waals surface area contributed by atoms with Crippen LogP contribution in [0.3, 0.4) is 0 Å². The van der Waals surface area contributed by atoms with Crippen LogP contribution in [0.5, 0.6) is 0 Å². The van der Waals surface area contributed by atoms with E-state index in [9.17, 15) is 29.7 Å². The monoisotopic (exact) mass is 672 g/mol. The second kappa shape index (κ2) is 26.9. The Balaban J connectivity index is -0.000000167. The van der Waals surface area contributed by atoms with Crippen LogP contribution in [-0.4, -0.2) is 73.4 Å². The molecule has 32 heavy (non-hydrogen) atoms. The molecular weight excluding hydrogens is 635 g/mol. The SMILES string of the molecule is CC(S)C(CS)C(=O)[O-].CC(S)C(CS)C(=O)[O-].CC(S)C(CS)C(=O)[O-].CCC[CH2][Sn+3]. The molecule has 0 N–H and O–H groups in total. The van der Waals surface area contributed by atoms with Gasteiger partial charge in [-0.1, -0.05) is 20.8 Å². The third-order valence-electron chi connectivity index (χ3n) is 3.78. The summed E-state index contributed by atoms with van der Waals surface area (Å²) in [5.74, 6) is -4.01. The zero-order valence-corrected chi connectivity index (χ0v) is 27.1. The van der Waals surface area contributed by atoms with Crippen molar-refractivity contribution in [2.24, 2.45) is 17.8 Å². The minimum absolute atomic E-state index is 0.188. The predicted molar refractivity (Wildman–Crippen MR) is 148 cm³/mol. The summed E-state index contributed by atoms with van der Waals surface area (Å²) >= 11 is 25.0. The summed E-state index contributed by atoms with van der Waals surface area (Å²) in [7, 11) is 0. The van der Waals surface area contributed by atoms with Crippen LogP contribution < -0.4 is 15.3 Å². The summed E-state index contributed by atoms with van der Waals surface area (Å²) in [5.41, 5.74) is 0. The van der Waals surface area contributed by atoms with Gasteiger partial charge in [0.25, 0.3) is 0 Å². The molecule has 0 aromatic heterocycles. The topological polar surface area (TPSA) is 120 Å². The molecule has 6 atom stereocenters. The van der Waals surface area contributed by atoms with Crippen LogP contribution in [0, 0.1) is 17.8 Å². The van der Waals surface area contributed by atoms with E-state index in [4.69, 9.17) is 0 Å². The molecule has 0 saturated carbocycles. The van der Waals surface area contributed by atoms with Gasteiger partial charge in [0.15, 0.2) is 0 Å². The fourth-order valence-corrected chi connectivity index (χ4v) is 5.03. The molecule has 0 rings (SSSR count). The van der Waals surface area contributed by atoms with Crippen molar-refractivity contribution in [2.45, 2.75) is 60.7 Å². The van der Waals surface area contributed by atoms with E-state index in [1.807, 2.05) is 0 Å². The van der Waals surface area contributed by atoms with Crippen LogP contribution >= 0.6 is 75.8 Å². The van der Waals surface area contributed by atoms with Crippen molar-refractivity contribution in [2.75, 3.05) is 17.3 Å². The van der Waals surface area contributed by atoms with Crippen molar-refractivity contribution >= 4 is 116 Å². The van der Waals surface area contributed by atoms with Crippen LogP contribution in [0.4, 0.5) is 0 Å². The fraction of sp³-hybridized carbons (Fsp3) is 0.842. The summed E-state index contributed by atoms with van der Waals surface area (Å²) in [6.45, 7) is 7.35. The Bertz CT molecular complexity index is 419. The first-order valence-electron chi connectivity index (χ1n) is 9.83. The quantitative estimate of drug-likeness (QED) is 0.138. The summed E-state index contributed by atoms with van der Waals surface area (Å²) in [4.78, 5) is 30.5. The van der Waals surface area contributed by atoms with Gasteiger partial charge >= 0.3 is 46.7 Å². The molecule has 0 fully saturated rings. The van der Waals surface area contributed by atoms with Crippen LogP contribution in [0.25, 0.3) is 0 Å². The molecule has 0 heterocycles. The molecule has 0 amide bonds. The van der Waals surface area contributed by atoms with Crippen molar-refractivity contribution in [1.82, 2.24) is 0 Å². The maximum atomic E-state index is 10.2. The summed E-state index contributed by atoms with van der Waals surface area (Å²) < 4.78 is 1.43. The molecule has 6 nitrogen and oxygen atoms in total. The van der Waals surface area contributed by atoms with E-state index in [1.165, 1.54) is 17.3 Å². The number of carboxylic acids is 3. The van der Waals surface area contributed by atoms with Crippen molar-refractivity contribution in [3.8, 4) is 0 Å². The zero-order valence-electron chi connectivity index (χ0n) is 18.8. The second-order valence-electron chi connectivity index (χ2n) is 6.65. The van der Waals surface area contributed by atoms with E-state index in [0.29, 0.717) is 0 Å². The normalized spacial score (nSPS) is 15.5. The van der Waals surface area contributed by atoms with Gasteiger partial charge in [-0.2, -0.15) is 75.8 Å². The Morgan fingerprint density at radius 2 is 0.906 bits per heavy atom. The van der Waals surface area contributed by atoms with Gasteiger partial charge in [0.1, 0.15) is 0 Å². The van der Waals surface area contributed by atoms with Gasteiger partial charge in [-0.05, 0) is 17.3 Å². The van der Waals surface area contributed by atoms with Gasteiger partial charge in [-0.25, -0.2) is 0 Å². The summed E-state index contributed by atoms with van der Waals surface area (Å²) in [5, 5.41) is 29.9. The number of hydrogen-bond donors (Lipinski definition) is 6. The van der Waals surface area contributed by atoms with Gasteiger partial charge in [0.05, 0.1) is 0 Å². The number of carbonyl (C=O) groups is 3. The van der Waals surface area contributed by atoms with Crippen LogP contribution in [0.1, 0.15) is 40.5 Å². The van der Waals surface area contributed by atoms with Crippen molar-refractivity contribution in [3.63, 3.8) is 0 Å². The molecule has 0 spiro atoms. The average Bonchev–Trinajstić information content (AvgIpc) is 2.63. The molecule has 13 heteroatoms. The standard InChI is InChI=1S/3C5H10O2S2.C4H9.Sn/c3*1-3(9)4(2-8)5(6)7;1-3-4-2;/h3*3-4,8-9H,2H2,1H3,(H,6,7);1,3-4H2,2H3;/q;;;;+3/p-3. The Morgan fingerprint density at radius 3 is 0.906 bits per heavy atom. The summed E-state index contributed by atoms with van der Waals surface area (Å²) in [6, 6.07) is 0. The Hall–Kier alpha value is 1.31. The molecule has 0 aliphatic rings. The first-order chi connectivity index (χ1) is 14.7. The Morgan fingerprint density at radius 1 is 0.688 bits per heavy atom. The van der Waals surface area contributed by atoms with Crippen molar-refractivity contribution in [3.05, 3.63) is 0 Å². The minimum atomic E-state index is -1.08. The zero-order chi connectivity index (χ0) is 26.4. The fourth-order valence-electron chi connectivity index (χ4n) is 1.45. The second-order valence-corrected chi connectivity index (χ2v) is 11.6. The third-order valence-corrected chi connectivity index (χ3v) is 7.04. The average molecular weight is 672 g/mol. The number of thiol groups is 6. The summed E-state index contributed by atoms with van der Waals surface area (Å²) in [6.07, 6.45) is 2.80. The van der Waals surface area contributed by atoms with E-state index in [1.54, 1.807) is 43.3 Å². The van der Waals surface area contributed by atoms with Crippen molar-refractivity contribution in [1.29, 1.82) is 0 Å². The van der Waals surface area contributed by atoms with E-state index < -0.39 is 35.7 Å². The van der Waals surface area contributed by atoms with Gasteiger partial charge in [-0.3, -0.25) is 0 Å².